The molecule has 2 saturated heterocycles. The molecule has 2 aliphatic heterocycles. The normalized spacial score (nSPS) is 23.2. The van der Waals surface area contributed by atoms with Crippen LogP contribution in [0.3, 0.4) is 0 Å². The summed E-state index contributed by atoms with van der Waals surface area (Å²) in [6.45, 7) is 5.43. The maximum Gasteiger partial charge on any atom is 0.304 e. The first-order valence-corrected chi connectivity index (χ1v) is 12.3. The number of carbonyl (C=O) groups excluding carboxylic acids is 2. The van der Waals surface area contributed by atoms with Crippen LogP contribution >= 0.6 is 11.8 Å². The van der Waals surface area contributed by atoms with Crippen molar-refractivity contribution < 1.29 is 14.3 Å². The van der Waals surface area contributed by atoms with E-state index in [-0.39, 0.29) is 17.3 Å². The molecule has 174 valence electrons. The van der Waals surface area contributed by atoms with Crippen LogP contribution in [0.1, 0.15) is 37.5 Å². The Kier molecular flexibility index (Phi) is 5.74. The second-order valence-corrected chi connectivity index (χ2v) is 11.1. The summed E-state index contributed by atoms with van der Waals surface area (Å²) < 4.78 is 5.18. The molecule has 3 atom stereocenters. The SMILES string of the molecule is CC(=O)OC1N2C(=O)C(NC(c3ccccc3)(c3ccccc3)c3ccccc3)C2SC1(C)C. The number of amides is 1. The molecular formula is C28H28N2O3S. The molecule has 0 bridgehead atoms. The first-order valence-electron chi connectivity index (χ1n) is 11.5. The number of benzene rings is 3. The van der Waals surface area contributed by atoms with Crippen molar-refractivity contribution in [2.24, 2.45) is 0 Å². The second kappa shape index (κ2) is 8.60. The van der Waals surface area contributed by atoms with Crippen LogP contribution in [0.25, 0.3) is 0 Å². The average Bonchev–Trinajstić information content (AvgIpc) is 3.08. The maximum absolute atomic E-state index is 13.6. The van der Waals surface area contributed by atoms with E-state index in [9.17, 15) is 9.59 Å². The van der Waals surface area contributed by atoms with E-state index in [4.69, 9.17) is 4.74 Å². The van der Waals surface area contributed by atoms with Gasteiger partial charge in [0, 0.05) is 6.92 Å². The molecule has 3 aromatic rings. The molecule has 0 aromatic heterocycles. The standard InChI is InChI=1S/C28H28N2O3S/c1-19(31)33-26-27(2,3)34-25-23(24(32)30(25)26)29-28(20-13-7-4-8-14-20,21-15-9-5-10-16-21)22-17-11-6-12-18-22/h4-18,23,25-26,29H,1-3H3. The van der Waals surface area contributed by atoms with Crippen molar-refractivity contribution in [1.29, 1.82) is 0 Å². The molecular weight excluding hydrogens is 444 g/mol. The van der Waals surface area contributed by atoms with Crippen molar-refractivity contribution >= 4 is 23.6 Å². The summed E-state index contributed by atoms with van der Waals surface area (Å²) in [6.07, 6.45) is -0.579. The maximum atomic E-state index is 13.6. The molecule has 0 aliphatic carbocycles. The molecule has 1 N–H and O–H groups in total. The summed E-state index contributed by atoms with van der Waals surface area (Å²) in [4.78, 5) is 27.0. The van der Waals surface area contributed by atoms with Gasteiger partial charge in [-0.25, -0.2) is 0 Å². The smallest absolute Gasteiger partial charge is 0.304 e. The average molecular weight is 473 g/mol. The third-order valence-corrected chi connectivity index (χ3v) is 8.17. The van der Waals surface area contributed by atoms with Gasteiger partial charge in [-0.05, 0) is 30.5 Å². The van der Waals surface area contributed by atoms with Gasteiger partial charge in [0.1, 0.15) is 11.4 Å². The van der Waals surface area contributed by atoms with Gasteiger partial charge in [-0.1, -0.05) is 91.0 Å². The fraction of sp³-hybridized carbons (Fsp3) is 0.286. The molecule has 2 heterocycles. The second-order valence-electron chi connectivity index (χ2n) is 9.29. The van der Waals surface area contributed by atoms with E-state index in [1.807, 2.05) is 68.4 Å². The predicted octanol–water partition coefficient (Wildman–Crippen LogP) is 4.52. The van der Waals surface area contributed by atoms with Crippen LogP contribution in [0.2, 0.25) is 0 Å². The van der Waals surface area contributed by atoms with Crippen LogP contribution in [0.5, 0.6) is 0 Å². The number of β-lactam (4-membered cyclic amide) rings is 1. The number of esters is 1. The minimum Gasteiger partial charge on any atom is -0.440 e. The van der Waals surface area contributed by atoms with Gasteiger partial charge in [0.25, 0.3) is 0 Å². The van der Waals surface area contributed by atoms with Crippen molar-refractivity contribution in [3.05, 3.63) is 108 Å². The largest absolute Gasteiger partial charge is 0.440 e. The first kappa shape index (κ1) is 22.7. The number of nitrogens with one attached hydrogen (secondary N) is 1. The van der Waals surface area contributed by atoms with Crippen LogP contribution in [0.15, 0.2) is 91.0 Å². The molecule has 6 heteroatoms. The third kappa shape index (κ3) is 3.62. The number of ether oxygens (including phenoxy) is 1. The monoisotopic (exact) mass is 472 g/mol. The number of thioether (sulfide) groups is 1. The van der Waals surface area contributed by atoms with Crippen molar-refractivity contribution in [3.63, 3.8) is 0 Å². The highest BCUT2D eigenvalue weighted by molar-refractivity contribution is 8.01. The summed E-state index contributed by atoms with van der Waals surface area (Å²) in [5.41, 5.74) is 2.42. The Balaban J connectivity index is 1.61. The Morgan fingerprint density at radius 1 is 0.882 bits per heavy atom. The lowest BCUT2D eigenvalue weighted by molar-refractivity contribution is -0.176. The zero-order valence-electron chi connectivity index (χ0n) is 19.5. The topological polar surface area (TPSA) is 58.6 Å². The van der Waals surface area contributed by atoms with Gasteiger partial charge in [-0.2, -0.15) is 0 Å². The van der Waals surface area contributed by atoms with Crippen LogP contribution in [-0.4, -0.2) is 39.2 Å². The highest BCUT2D eigenvalue weighted by atomic mass is 32.2. The Bertz CT molecular complexity index is 1090. The zero-order valence-corrected chi connectivity index (χ0v) is 20.3. The van der Waals surface area contributed by atoms with Crippen molar-refractivity contribution in [2.45, 2.75) is 48.7 Å². The van der Waals surface area contributed by atoms with Gasteiger partial charge < -0.3 is 4.74 Å². The van der Waals surface area contributed by atoms with Crippen molar-refractivity contribution in [3.8, 4) is 0 Å². The lowest BCUT2D eigenvalue weighted by atomic mass is 9.76. The third-order valence-electron chi connectivity index (χ3n) is 6.62. The van der Waals surface area contributed by atoms with Crippen LogP contribution in [-0.2, 0) is 19.9 Å². The summed E-state index contributed by atoms with van der Waals surface area (Å²) in [6, 6.07) is 30.3. The fourth-order valence-electron chi connectivity index (χ4n) is 5.10. The van der Waals surface area contributed by atoms with Crippen molar-refractivity contribution in [2.75, 3.05) is 0 Å². The minimum absolute atomic E-state index is 0.0542. The molecule has 0 radical (unpaired) electrons. The molecule has 0 saturated carbocycles. The predicted molar refractivity (Wildman–Crippen MR) is 134 cm³/mol. The highest BCUT2D eigenvalue weighted by Crippen LogP contribution is 2.52. The molecule has 34 heavy (non-hydrogen) atoms. The van der Waals surface area contributed by atoms with Gasteiger partial charge in [0.15, 0.2) is 6.23 Å². The summed E-state index contributed by atoms with van der Waals surface area (Å²) >= 11 is 1.67. The number of carbonyl (C=O) groups is 2. The minimum atomic E-state index is -0.736. The van der Waals surface area contributed by atoms with Crippen molar-refractivity contribution in [1.82, 2.24) is 10.2 Å². The summed E-state index contributed by atoms with van der Waals surface area (Å²) in [5, 5.41) is 3.66. The lowest BCUT2D eigenvalue weighted by Gasteiger charge is -2.49. The quantitative estimate of drug-likeness (QED) is 0.325. The van der Waals surface area contributed by atoms with E-state index in [1.165, 1.54) is 6.92 Å². The molecule has 1 amide bonds. The molecule has 2 fully saturated rings. The van der Waals surface area contributed by atoms with E-state index in [2.05, 4.69) is 41.7 Å². The Labute approximate surface area is 204 Å². The number of hydrogen-bond donors (Lipinski definition) is 1. The van der Waals surface area contributed by atoms with Crippen LogP contribution < -0.4 is 5.32 Å². The van der Waals surface area contributed by atoms with E-state index >= 15 is 0 Å². The van der Waals surface area contributed by atoms with Crippen LogP contribution in [0.4, 0.5) is 0 Å². The number of hydrogen-bond acceptors (Lipinski definition) is 5. The molecule has 2 aliphatic rings. The van der Waals surface area contributed by atoms with Gasteiger partial charge in [0.2, 0.25) is 5.91 Å². The van der Waals surface area contributed by atoms with E-state index in [0.29, 0.717) is 0 Å². The Hall–Kier alpha value is -3.09. The Morgan fingerprint density at radius 3 is 1.74 bits per heavy atom. The van der Waals surface area contributed by atoms with Crippen LogP contribution in [0, 0.1) is 0 Å². The Morgan fingerprint density at radius 2 is 1.32 bits per heavy atom. The number of nitrogens with zero attached hydrogens (tertiary/aromatic N) is 1. The molecule has 3 aromatic carbocycles. The van der Waals surface area contributed by atoms with Gasteiger partial charge in [0.05, 0.1) is 10.3 Å². The molecule has 5 rings (SSSR count). The summed E-state index contributed by atoms with van der Waals surface area (Å²) in [7, 11) is 0. The molecule has 5 nitrogen and oxygen atoms in total. The molecule has 0 spiro atoms. The number of rotatable bonds is 6. The van der Waals surface area contributed by atoms with Gasteiger partial charge >= 0.3 is 5.97 Å². The van der Waals surface area contributed by atoms with Gasteiger partial charge in [-0.3, -0.25) is 19.8 Å². The zero-order chi connectivity index (χ0) is 23.9. The fourth-order valence-corrected chi connectivity index (χ4v) is 6.65. The number of fused-ring (bicyclic) bond motifs is 1. The lowest BCUT2D eigenvalue weighted by Crippen LogP contribution is -2.72. The first-order chi connectivity index (χ1) is 16.3. The molecule has 3 unspecified atom stereocenters. The van der Waals surface area contributed by atoms with E-state index in [1.54, 1.807) is 16.7 Å². The summed E-state index contributed by atoms with van der Waals surface area (Å²) in [5.74, 6) is -0.433. The van der Waals surface area contributed by atoms with Gasteiger partial charge in [-0.15, -0.1) is 11.8 Å². The van der Waals surface area contributed by atoms with E-state index < -0.39 is 22.6 Å². The van der Waals surface area contributed by atoms with E-state index in [0.717, 1.165) is 16.7 Å². The highest BCUT2D eigenvalue weighted by Gasteiger charge is 2.64.